The molecule has 1 N–H and O–H groups in total. The number of piperidine rings is 1. The van der Waals surface area contributed by atoms with Crippen molar-refractivity contribution in [2.45, 2.75) is 64.6 Å². The molecule has 2 aromatic heterocycles. The minimum Gasteiger partial charge on any atom is -0.467 e. The van der Waals surface area contributed by atoms with Gasteiger partial charge >= 0.3 is 0 Å². The topological polar surface area (TPSA) is 52.0 Å². The highest BCUT2D eigenvalue weighted by Crippen LogP contribution is 2.36. The lowest BCUT2D eigenvalue weighted by atomic mass is 9.81. The highest BCUT2D eigenvalue weighted by Gasteiger charge is 2.39. The molecule has 1 aliphatic heterocycles. The average Bonchev–Trinajstić information content (AvgIpc) is 3.20. The van der Waals surface area contributed by atoms with Crippen molar-refractivity contribution in [2.24, 2.45) is 7.05 Å². The smallest absolute Gasteiger partial charge is 0.274 e. The molecule has 2 aromatic carbocycles. The van der Waals surface area contributed by atoms with Crippen LogP contribution in [0.5, 0.6) is 5.19 Å². The second kappa shape index (κ2) is 7.04. The van der Waals surface area contributed by atoms with Crippen LogP contribution < -0.4 is 10.1 Å². The number of rotatable bonds is 3. The van der Waals surface area contributed by atoms with Gasteiger partial charge in [-0.2, -0.15) is 5.10 Å². The fourth-order valence-corrected chi connectivity index (χ4v) is 6.10. The zero-order valence-corrected chi connectivity index (χ0v) is 19.9. The van der Waals surface area contributed by atoms with Crippen LogP contribution in [0, 0.1) is 6.92 Å². The quantitative estimate of drug-likeness (QED) is 0.440. The number of aromatic nitrogens is 3. The van der Waals surface area contributed by atoms with Crippen LogP contribution in [0.1, 0.15) is 46.1 Å². The van der Waals surface area contributed by atoms with Crippen molar-refractivity contribution >= 4 is 32.5 Å². The third kappa shape index (κ3) is 4.06. The van der Waals surface area contributed by atoms with E-state index in [-0.39, 0.29) is 17.2 Å². The van der Waals surface area contributed by atoms with Gasteiger partial charge in [-0.25, -0.2) is 4.98 Å². The van der Waals surface area contributed by atoms with Gasteiger partial charge in [0.15, 0.2) is 0 Å². The van der Waals surface area contributed by atoms with Crippen LogP contribution in [0.15, 0.2) is 36.5 Å². The molecule has 5 rings (SSSR count). The second-order valence-corrected chi connectivity index (χ2v) is 11.2. The van der Waals surface area contributed by atoms with Crippen LogP contribution in [0.25, 0.3) is 32.2 Å². The summed E-state index contributed by atoms with van der Waals surface area (Å²) in [4.78, 5) is 4.77. The monoisotopic (exact) mass is 434 g/mol. The third-order valence-electron chi connectivity index (χ3n) is 6.04. The fourth-order valence-electron chi connectivity index (χ4n) is 5.18. The molecule has 6 heteroatoms. The maximum Gasteiger partial charge on any atom is 0.274 e. The lowest BCUT2D eigenvalue weighted by Gasteiger charge is -2.45. The molecule has 0 saturated carbocycles. The lowest BCUT2D eigenvalue weighted by molar-refractivity contribution is 0.0559. The van der Waals surface area contributed by atoms with Crippen molar-refractivity contribution < 1.29 is 4.74 Å². The number of hydrogen-bond donors (Lipinski definition) is 1. The van der Waals surface area contributed by atoms with E-state index in [9.17, 15) is 0 Å². The number of ether oxygens (including phenoxy) is 1. The molecule has 1 fully saturated rings. The van der Waals surface area contributed by atoms with E-state index in [1.54, 1.807) is 11.3 Å². The Morgan fingerprint density at radius 1 is 1.06 bits per heavy atom. The standard InChI is InChI=1S/C25H30N4OS/c1-15-9-17(10-18-14-29(6)27-22(15)18)16-7-8-20-21(11-16)31-23(26-20)30-19-12-24(2,3)28-25(4,5)13-19/h7-11,14,19,28H,12-13H2,1-6H3. The van der Waals surface area contributed by atoms with E-state index in [4.69, 9.17) is 9.72 Å². The summed E-state index contributed by atoms with van der Waals surface area (Å²) >= 11 is 1.64. The number of hydrogen-bond acceptors (Lipinski definition) is 5. The molecule has 0 atom stereocenters. The largest absolute Gasteiger partial charge is 0.467 e. The predicted octanol–water partition coefficient (Wildman–Crippen LogP) is 5.85. The summed E-state index contributed by atoms with van der Waals surface area (Å²) in [6.07, 6.45) is 4.19. The minimum absolute atomic E-state index is 0.0546. The van der Waals surface area contributed by atoms with Crippen molar-refractivity contribution in [3.8, 4) is 16.3 Å². The van der Waals surface area contributed by atoms with Gasteiger partial charge in [-0.3, -0.25) is 4.68 Å². The Balaban J connectivity index is 1.44. The SMILES string of the molecule is Cc1cc(-c2ccc3nc(OC4CC(C)(C)NC(C)(C)C4)sc3c2)cc2cn(C)nc12. The molecule has 0 unspecified atom stereocenters. The van der Waals surface area contributed by atoms with Crippen LogP contribution >= 0.6 is 11.3 Å². The molecule has 162 valence electrons. The molecule has 3 heterocycles. The Kier molecular flexibility index (Phi) is 4.65. The molecule has 0 aliphatic carbocycles. The molecule has 31 heavy (non-hydrogen) atoms. The van der Waals surface area contributed by atoms with Gasteiger partial charge in [0, 0.05) is 42.6 Å². The molecule has 5 nitrogen and oxygen atoms in total. The first kappa shape index (κ1) is 20.5. The van der Waals surface area contributed by atoms with Crippen molar-refractivity contribution in [3.63, 3.8) is 0 Å². The Hall–Kier alpha value is -2.44. The van der Waals surface area contributed by atoms with E-state index in [0.717, 1.165) is 33.8 Å². The molecule has 0 radical (unpaired) electrons. The lowest BCUT2D eigenvalue weighted by Crippen LogP contribution is -2.60. The first-order valence-corrected chi connectivity index (χ1v) is 11.7. The summed E-state index contributed by atoms with van der Waals surface area (Å²) in [7, 11) is 1.97. The molecule has 0 amide bonds. The maximum absolute atomic E-state index is 6.39. The van der Waals surface area contributed by atoms with Gasteiger partial charge in [-0.15, -0.1) is 0 Å². The number of nitrogens with zero attached hydrogens (tertiary/aromatic N) is 3. The van der Waals surface area contributed by atoms with E-state index >= 15 is 0 Å². The third-order valence-corrected chi connectivity index (χ3v) is 6.95. The normalized spacial score (nSPS) is 18.6. The Morgan fingerprint density at radius 2 is 1.81 bits per heavy atom. The summed E-state index contributed by atoms with van der Waals surface area (Å²) in [5.74, 6) is 0. The highest BCUT2D eigenvalue weighted by molar-refractivity contribution is 7.20. The summed E-state index contributed by atoms with van der Waals surface area (Å²) in [5, 5.41) is 10.2. The average molecular weight is 435 g/mol. The number of aryl methyl sites for hydroxylation is 2. The number of thiazole rings is 1. The Morgan fingerprint density at radius 3 is 2.55 bits per heavy atom. The second-order valence-electron chi connectivity index (χ2n) is 10.2. The van der Waals surface area contributed by atoms with Crippen molar-refractivity contribution in [2.75, 3.05) is 0 Å². The molecule has 0 spiro atoms. The number of benzene rings is 2. The fraction of sp³-hybridized carbons (Fsp3) is 0.440. The minimum atomic E-state index is 0.0546. The van der Waals surface area contributed by atoms with E-state index in [1.807, 2.05) is 11.7 Å². The molecule has 4 aromatic rings. The first-order valence-electron chi connectivity index (χ1n) is 10.9. The predicted molar refractivity (Wildman–Crippen MR) is 129 cm³/mol. The van der Waals surface area contributed by atoms with Gasteiger partial charge in [-0.1, -0.05) is 17.4 Å². The maximum atomic E-state index is 6.39. The van der Waals surface area contributed by atoms with E-state index in [1.165, 1.54) is 22.1 Å². The Bertz CT molecular complexity index is 1270. The van der Waals surface area contributed by atoms with Gasteiger partial charge in [-0.05, 0) is 75.6 Å². The summed E-state index contributed by atoms with van der Waals surface area (Å²) in [6.45, 7) is 11.1. The number of nitrogens with one attached hydrogen (secondary N) is 1. The van der Waals surface area contributed by atoms with Gasteiger partial charge in [0.1, 0.15) is 6.10 Å². The van der Waals surface area contributed by atoms with Crippen LogP contribution in [-0.2, 0) is 7.05 Å². The first-order chi connectivity index (χ1) is 14.6. The van der Waals surface area contributed by atoms with Crippen LogP contribution in [0.2, 0.25) is 0 Å². The molecule has 1 aliphatic rings. The summed E-state index contributed by atoms with van der Waals surface area (Å²) in [6, 6.07) is 10.9. The highest BCUT2D eigenvalue weighted by atomic mass is 32.1. The van der Waals surface area contributed by atoms with Gasteiger partial charge in [0.2, 0.25) is 0 Å². The zero-order chi connectivity index (χ0) is 22.0. The molecule has 0 bridgehead atoms. The molecular formula is C25H30N4OS. The molecular weight excluding hydrogens is 404 g/mol. The zero-order valence-electron chi connectivity index (χ0n) is 19.1. The van der Waals surface area contributed by atoms with E-state index in [2.05, 4.69) is 81.6 Å². The van der Waals surface area contributed by atoms with Gasteiger partial charge in [0.25, 0.3) is 5.19 Å². The Labute approximate surface area is 187 Å². The van der Waals surface area contributed by atoms with Gasteiger partial charge < -0.3 is 10.1 Å². The van der Waals surface area contributed by atoms with Crippen LogP contribution in [0.4, 0.5) is 0 Å². The van der Waals surface area contributed by atoms with Gasteiger partial charge in [0.05, 0.1) is 15.7 Å². The van der Waals surface area contributed by atoms with Crippen LogP contribution in [-0.4, -0.2) is 31.9 Å². The van der Waals surface area contributed by atoms with Crippen molar-refractivity contribution in [1.29, 1.82) is 0 Å². The van der Waals surface area contributed by atoms with E-state index < -0.39 is 0 Å². The van der Waals surface area contributed by atoms with E-state index in [0.29, 0.717) is 0 Å². The molecule has 1 saturated heterocycles. The van der Waals surface area contributed by atoms with Crippen molar-refractivity contribution in [3.05, 3.63) is 42.1 Å². The summed E-state index contributed by atoms with van der Waals surface area (Å²) < 4.78 is 9.43. The summed E-state index contributed by atoms with van der Waals surface area (Å²) in [5.41, 5.74) is 5.76. The van der Waals surface area contributed by atoms with Crippen molar-refractivity contribution in [1.82, 2.24) is 20.1 Å². The number of fused-ring (bicyclic) bond motifs is 2. The van der Waals surface area contributed by atoms with Crippen LogP contribution in [0.3, 0.4) is 0 Å².